The van der Waals surface area contributed by atoms with E-state index >= 15 is 0 Å². The van der Waals surface area contributed by atoms with Crippen LogP contribution in [0, 0.1) is 13.8 Å². The molecule has 0 saturated heterocycles. The lowest BCUT2D eigenvalue weighted by Gasteiger charge is -2.15. The minimum absolute atomic E-state index is 0.0635. The van der Waals surface area contributed by atoms with Gasteiger partial charge in [-0.25, -0.2) is 0 Å². The van der Waals surface area contributed by atoms with Crippen molar-refractivity contribution >= 4 is 11.3 Å². The van der Waals surface area contributed by atoms with Crippen LogP contribution in [-0.4, -0.2) is 11.3 Å². The molecule has 2 aromatic heterocycles. The summed E-state index contributed by atoms with van der Waals surface area (Å²) in [5, 5.41) is 0. The molecule has 2 heterocycles. The maximum absolute atomic E-state index is 12.8. The quantitative estimate of drug-likeness (QED) is 0.523. The molecule has 0 aliphatic carbocycles. The Labute approximate surface area is 171 Å². The molecule has 0 radical (unpaired) electrons. The molecular weight excluding hydrogens is 399 g/mol. The minimum atomic E-state index is -4.70. The van der Waals surface area contributed by atoms with Crippen LogP contribution in [0.25, 0.3) is 10.4 Å². The number of alkyl halides is 3. The van der Waals surface area contributed by atoms with Gasteiger partial charge in [0.15, 0.2) is 5.43 Å². The maximum Gasteiger partial charge on any atom is 0.573 e. The summed E-state index contributed by atoms with van der Waals surface area (Å²) < 4.78 is 40.8. The number of aromatic amines is 1. The number of benzene rings is 1. The number of ether oxygens (including phenoxy) is 1. The molecule has 0 spiro atoms. The predicted molar refractivity (Wildman–Crippen MR) is 110 cm³/mol. The van der Waals surface area contributed by atoms with Crippen molar-refractivity contribution in [1.29, 1.82) is 0 Å². The second-order valence-electron chi connectivity index (χ2n) is 7.27. The van der Waals surface area contributed by atoms with Crippen molar-refractivity contribution in [3.63, 3.8) is 0 Å². The van der Waals surface area contributed by atoms with Crippen molar-refractivity contribution in [2.45, 2.75) is 46.4 Å². The smallest absolute Gasteiger partial charge is 0.406 e. The van der Waals surface area contributed by atoms with Gasteiger partial charge in [-0.1, -0.05) is 13.8 Å². The molecule has 0 saturated carbocycles. The Kier molecular flexibility index (Phi) is 5.89. The Hall–Kier alpha value is -2.54. The number of hydrogen-bond acceptors (Lipinski definition) is 3. The summed E-state index contributed by atoms with van der Waals surface area (Å²) in [5.41, 5.74) is 4.19. The number of halogens is 3. The van der Waals surface area contributed by atoms with Gasteiger partial charge in [-0.2, -0.15) is 0 Å². The standard InChI is InChI=1S/C22H22F3NO2S/c1-12(2)20-18(21(27)13(3)14(4)26-20)11-17-9-10-19(29-17)15-5-7-16(8-6-15)28-22(23,24)25/h5-10,12H,11H2,1-4H3,(H,26,27). The van der Waals surface area contributed by atoms with E-state index in [0.717, 1.165) is 37.8 Å². The van der Waals surface area contributed by atoms with Gasteiger partial charge < -0.3 is 9.72 Å². The molecule has 0 aliphatic heterocycles. The number of aryl methyl sites for hydroxylation is 1. The summed E-state index contributed by atoms with van der Waals surface area (Å²) in [6, 6.07) is 9.67. The highest BCUT2D eigenvalue weighted by molar-refractivity contribution is 7.15. The predicted octanol–water partition coefficient (Wildman–Crippen LogP) is 6.33. The van der Waals surface area contributed by atoms with E-state index in [1.807, 2.05) is 39.8 Å². The van der Waals surface area contributed by atoms with Crippen LogP contribution >= 0.6 is 11.3 Å². The zero-order valence-corrected chi connectivity index (χ0v) is 17.4. The van der Waals surface area contributed by atoms with Gasteiger partial charge in [0.25, 0.3) is 0 Å². The second-order valence-corrected chi connectivity index (χ2v) is 8.43. The molecule has 0 unspecified atom stereocenters. The van der Waals surface area contributed by atoms with Gasteiger partial charge in [0.1, 0.15) is 5.75 Å². The van der Waals surface area contributed by atoms with Crippen LogP contribution in [0.3, 0.4) is 0 Å². The van der Waals surface area contributed by atoms with Gasteiger partial charge in [0.05, 0.1) is 0 Å². The number of rotatable bonds is 5. The highest BCUT2D eigenvalue weighted by atomic mass is 32.1. The van der Waals surface area contributed by atoms with E-state index in [4.69, 9.17) is 0 Å². The molecule has 7 heteroatoms. The van der Waals surface area contributed by atoms with E-state index in [1.165, 1.54) is 23.5 Å². The summed E-state index contributed by atoms with van der Waals surface area (Å²) in [5.74, 6) is -0.0566. The minimum Gasteiger partial charge on any atom is -0.406 e. The molecule has 0 fully saturated rings. The summed E-state index contributed by atoms with van der Waals surface area (Å²) in [6.45, 7) is 7.83. The first kappa shape index (κ1) is 21.2. The van der Waals surface area contributed by atoms with Gasteiger partial charge >= 0.3 is 6.36 Å². The van der Waals surface area contributed by atoms with E-state index in [-0.39, 0.29) is 17.1 Å². The molecule has 3 aromatic rings. The lowest BCUT2D eigenvalue weighted by atomic mass is 9.97. The molecule has 1 N–H and O–H groups in total. The SMILES string of the molecule is Cc1[nH]c(C(C)C)c(Cc2ccc(-c3ccc(OC(F)(F)F)cc3)s2)c(=O)c1C. The molecule has 0 aliphatic rings. The van der Waals surface area contributed by atoms with E-state index in [9.17, 15) is 18.0 Å². The topological polar surface area (TPSA) is 42.1 Å². The molecule has 0 atom stereocenters. The Morgan fingerprint density at radius 1 is 1.07 bits per heavy atom. The van der Waals surface area contributed by atoms with E-state index in [1.54, 1.807) is 12.1 Å². The molecule has 1 aromatic carbocycles. The van der Waals surface area contributed by atoms with Crippen molar-refractivity contribution in [2.75, 3.05) is 0 Å². The molecule has 0 bridgehead atoms. The Bertz CT molecular complexity index is 1060. The van der Waals surface area contributed by atoms with Gasteiger partial charge in [-0.3, -0.25) is 4.79 Å². The number of hydrogen-bond donors (Lipinski definition) is 1. The van der Waals surface area contributed by atoms with Crippen molar-refractivity contribution < 1.29 is 17.9 Å². The van der Waals surface area contributed by atoms with Crippen LogP contribution in [0.15, 0.2) is 41.2 Å². The highest BCUT2D eigenvalue weighted by Gasteiger charge is 2.31. The van der Waals surface area contributed by atoms with Gasteiger partial charge in [0, 0.05) is 38.7 Å². The van der Waals surface area contributed by atoms with Crippen LogP contribution in [0.4, 0.5) is 13.2 Å². The lowest BCUT2D eigenvalue weighted by molar-refractivity contribution is -0.274. The van der Waals surface area contributed by atoms with Gasteiger partial charge in [0.2, 0.25) is 0 Å². The third-order valence-electron chi connectivity index (χ3n) is 4.79. The van der Waals surface area contributed by atoms with Gasteiger partial charge in [-0.05, 0) is 61.7 Å². The first-order valence-corrected chi connectivity index (χ1v) is 10.0. The highest BCUT2D eigenvalue weighted by Crippen LogP contribution is 2.32. The molecule has 3 nitrogen and oxygen atoms in total. The average molecular weight is 421 g/mol. The van der Waals surface area contributed by atoms with Crippen molar-refractivity contribution in [3.05, 3.63) is 74.0 Å². The Balaban J connectivity index is 1.87. The summed E-state index contributed by atoms with van der Waals surface area (Å²) >= 11 is 1.52. The van der Waals surface area contributed by atoms with Crippen LogP contribution < -0.4 is 10.2 Å². The number of H-pyrrole nitrogens is 1. The fraction of sp³-hybridized carbons (Fsp3) is 0.318. The number of nitrogens with one attached hydrogen (secondary N) is 1. The van der Waals surface area contributed by atoms with Crippen molar-refractivity contribution in [2.24, 2.45) is 0 Å². The zero-order valence-electron chi connectivity index (χ0n) is 16.6. The molecule has 3 rings (SSSR count). The van der Waals surface area contributed by atoms with E-state index in [2.05, 4.69) is 9.72 Å². The monoisotopic (exact) mass is 421 g/mol. The third-order valence-corrected chi connectivity index (χ3v) is 5.92. The Morgan fingerprint density at radius 2 is 1.72 bits per heavy atom. The number of thiophene rings is 1. The van der Waals surface area contributed by atoms with Crippen molar-refractivity contribution in [3.8, 4) is 16.2 Å². The van der Waals surface area contributed by atoms with Crippen LogP contribution in [0.2, 0.25) is 0 Å². The normalized spacial score (nSPS) is 11.9. The average Bonchev–Trinajstić information content (AvgIpc) is 3.09. The van der Waals surface area contributed by atoms with Crippen LogP contribution in [-0.2, 0) is 6.42 Å². The first-order chi connectivity index (χ1) is 13.5. The molecular formula is C22H22F3NO2S. The molecule has 29 heavy (non-hydrogen) atoms. The summed E-state index contributed by atoms with van der Waals surface area (Å²) in [7, 11) is 0. The fourth-order valence-corrected chi connectivity index (χ4v) is 4.21. The molecule has 0 amide bonds. The summed E-state index contributed by atoms with van der Waals surface area (Å²) in [6.07, 6.45) is -4.19. The Morgan fingerprint density at radius 3 is 2.31 bits per heavy atom. The first-order valence-electron chi connectivity index (χ1n) is 9.22. The number of aromatic nitrogens is 1. The van der Waals surface area contributed by atoms with Crippen LogP contribution in [0.1, 0.15) is 47.2 Å². The largest absolute Gasteiger partial charge is 0.573 e. The maximum atomic E-state index is 12.8. The number of pyridine rings is 1. The summed E-state index contributed by atoms with van der Waals surface area (Å²) in [4.78, 5) is 18.1. The third kappa shape index (κ3) is 4.90. The molecule has 154 valence electrons. The fourth-order valence-electron chi connectivity index (χ4n) is 3.18. The zero-order chi connectivity index (χ0) is 21.3. The van der Waals surface area contributed by atoms with Crippen LogP contribution in [0.5, 0.6) is 5.75 Å². The van der Waals surface area contributed by atoms with Gasteiger partial charge in [-0.15, -0.1) is 24.5 Å². The lowest BCUT2D eigenvalue weighted by Crippen LogP contribution is -2.19. The van der Waals surface area contributed by atoms with E-state index in [0.29, 0.717) is 6.42 Å². The second kappa shape index (κ2) is 8.06. The van der Waals surface area contributed by atoms with E-state index < -0.39 is 6.36 Å². The van der Waals surface area contributed by atoms with Crippen molar-refractivity contribution in [1.82, 2.24) is 4.98 Å².